The topological polar surface area (TPSA) is 75.1 Å². The molecule has 1 aromatic carbocycles. The number of hydrogen-bond donors (Lipinski definition) is 3. The predicted octanol–water partition coefficient (Wildman–Crippen LogP) is 2.30. The third-order valence-corrected chi connectivity index (χ3v) is 3.95. The first-order valence-electron chi connectivity index (χ1n) is 8.69. The Morgan fingerprint density at radius 3 is 2.60 bits per heavy atom. The van der Waals surface area contributed by atoms with Crippen LogP contribution >= 0.6 is 24.0 Å². The van der Waals surface area contributed by atoms with Crippen LogP contribution in [-0.2, 0) is 15.9 Å². The molecule has 1 aromatic rings. The summed E-state index contributed by atoms with van der Waals surface area (Å²) in [6, 6.07) is 7.36. The number of aryl methyl sites for hydroxylation is 1. The fourth-order valence-electron chi connectivity index (χ4n) is 2.56. The second-order valence-corrected chi connectivity index (χ2v) is 5.91. The molecule has 7 heteroatoms. The van der Waals surface area contributed by atoms with Crippen molar-refractivity contribution in [3.63, 3.8) is 0 Å². The Morgan fingerprint density at radius 2 is 1.96 bits per heavy atom. The number of phenols is 1. The number of phenolic OH excluding ortho intramolecular Hbond substituents is 1. The van der Waals surface area contributed by atoms with Gasteiger partial charge in [-0.05, 0) is 43.4 Å². The Labute approximate surface area is 167 Å². The van der Waals surface area contributed by atoms with Crippen LogP contribution in [0.5, 0.6) is 5.75 Å². The lowest BCUT2D eigenvalue weighted by molar-refractivity contribution is 0.0420. The largest absolute Gasteiger partial charge is 0.508 e. The average molecular weight is 463 g/mol. The number of aliphatic imine (C=N–C) groups is 1. The Morgan fingerprint density at radius 1 is 1.24 bits per heavy atom. The van der Waals surface area contributed by atoms with E-state index in [-0.39, 0.29) is 30.1 Å². The van der Waals surface area contributed by atoms with Crippen molar-refractivity contribution < 1.29 is 14.6 Å². The average Bonchev–Trinajstić information content (AvgIpc) is 3.11. The highest BCUT2D eigenvalue weighted by atomic mass is 127. The van der Waals surface area contributed by atoms with Gasteiger partial charge in [0.15, 0.2) is 5.96 Å². The van der Waals surface area contributed by atoms with Crippen LogP contribution in [0, 0.1) is 0 Å². The maximum atomic E-state index is 9.26. The molecule has 3 N–H and O–H groups in total. The highest BCUT2D eigenvalue weighted by Crippen LogP contribution is 2.10. The number of guanidine groups is 1. The summed E-state index contributed by atoms with van der Waals surface area (Å²) in [6.45, 7) is 4.00. The molecular formula is C18H30IN3O3. The molecule has 1 aliphatic heterocycles. The Kier molecular flexibility index (Phi) is 11.6. The number of aromatic hydroxyl groups is 1. The van der Waals surface area contributed by atoms with E-state index >= 15 is 0 Å². The molecule has 0 bridgehead atoms. The lowest BCUT2D eigenvalue weighted by Gasteiger charge is -2.13. The molecular weight excluding hydrogens is 433 g/mol. The van der Waals surface area contributed by atoms with E-state index in [9.17, 15) is 5.11 Å². The number of rotatable bonds is 9. The van der Waals surface area contributed by atoms with Crippen LogP contribution in [0.1, 0.15) is 24.8 Å². The summed E-state index contributed by atoms with van der Waals surface area (Å²) in [5, 5.41) is 15.9. The zero-order valence-corrected chi connectivity index (χ0v) is 17.2. The highest BCUT2D eigenvalue weighted by Gasteiger charge is 2.15. The minimum atomic E-state index is 0. The molecule has 0 amide bonds. The molecule has 2 rings (SSSR count). The van der Waals surface area contributed by atoms with Gasteiger partial charge in [-0.1, -0.05) is 12.1 Å². The van der Waals surface area contributed by atoms with Crippen LogP contribution in [-0.4, -0.2) is 57.1 Å². The van der Waals surface area contributed by atoms with Crippen LogP contribution in [0.4, 0.5) is 0 Å². The Balaban J connectivity index is 0.00000312. The summed E-state index contributed by atoms with van der Waals surface area (Å²) in [6.07, 6.45) is 4.22. The first kappa shape index (κ1) is 22.0. The summed E-state index contributed by atoms with van der Waals surface area (Å²) in [7, 11) is 1.78. The van der Waals surface area contributed by atoms with E-state index in [1.165, 1.54) is 5.56 Å². The van der Waals surface area contributed by atoms with Crippen molar-refractivity contribution in [2.24, 2.45) is 4.99 Å². The maximum Gasteiger partial charge on any atom is 0.190 e. The minimum absolute atomic E-state index is 0. The minimum Gasteiger partial charge on any atom is -0.508 e. The fraction of sp³-hybridized carbons (Fsp3) is 0.611. The number of nitrogens with zero attached hydrogens (tertiary/aromatic N) is 1. The molecule has 1 saturated heterocycles. The van der Waals surface area contributed by atoms with Gasteiger partial charge >= 0.3 is 0 Å². The predicted molar refractivity (Wildman–Crippen MR) is 111 cm³/mol. The first-order chi connectivity index (χ1) is 11.8. The molecule has 0 aromatic heterocycles. The first-order valence-corrected chi connectivity index (χ1v) is 8.69. The van der Waals surface area contributed by atoms with Gasteiger partial charge in [0.2, 0.25) is 0 Å². The van der Waals surface area contributed by atoms with Crippen molar-refractivity contribution in [1.29, 1.82) is 0 Å². The summed E-state index contributed by atoms with van der Waals surface area (Å²) in [5.41, 5.74) is 1.23. The summed E-state index contributed by atoms with van der Waals surface area (Å²) < 4.78 is 11.0. The SMILES string of the molecule is CN=C(NCCCOC1CCOC1)NCCCc1ccc(O)cc1.I. The van der Waals surface area contributed by atoms with E-state index in [0.717, 1.165) is 64.6 Å². The molecule has 142 valence electrons. The van der Waals surface area contributed by atoms with E-state index in [2.05, 4.69) is 15.6 Å². The van der Waals surface area contributed by atoms with E-state index in [0.29, 0.717) is 5.75 Å². The lowest BCUT2D eigenvalue weighted by Crippen LogP contribution is -2.38. The van der Waals surface area contributed by atoms with Crippen LogP contribution in [0.2, 0.25) is 0 Å². The Hall–Kier alpha value is -1.06. The number of hydrogen-bond acceptors (Lipinski definition) is 4. The van der Waals surface area contributed by atoms with Crippen molar-refractivity contribution >= 4 is 29.9 Å². The molecule has 0 spiro atoms. The van der Waals surface area contributed by atoms with Crippen LogP contribution in [0.25, 0.3) is 0 Å². The van der Waals surface area contributed by atoms with E-state index < -0.39 is 0 Å². The third kappa shape index (κ3) is 9.27. The van der Waals surface area contributed by atoms with Crippen LogP contribution in [0.15, 0.2) is 29.3 Å². The summed E-state index contributed by atoms with van der Waals surface area (Å²) >= 11 is 0. The van der Waals surface area contributed by atoms with Gasteiger partial charge < -0.3 is 25.2 Å². The van der Waals surface area contributed by atoms with E-state index in [1.54, 1.807) is 19.2 Å². The number of halogens is 1. The quantitative estimate of drug-likeness (QED) is 0.227. The lowest BCUT2D eigenvalue weighted by atomic mass is 10.1. The van der Waals surface area contributed by atoms with Gasteiger partial charge in [0.1, 0.15) is 5.75 Å². The molecule has 1 unspecified atom stereocenters. The summed E-state index contributed by atoms with van der Waals surface area (Å²) in [4.78, 5) is 4.22. The molecule has 25 heavy (non-hydrogen) atoms. The van der Waals surface area contributed by atoms with Gasteiger partial charge in [-0.2, -0.15) is 0 Å². The molecule has 1 fully saturated rings. The van der Waals surface area contributed by atoms with E-state index in [1.807, 2.05) is 12.1 Å². The number of ether oxygens (including phenoxy) is 2. The van der Waals surface area contributed by atoms with Gasteiger partial charge in [-0.3, -0.25) is 4.99 Å². The fourth-order valence-corrected chi connectivity index (χ4v) is 2.56. The zero-order chi connectivity index (χ0) is 17.0. The molecule has 6 nitrogen and oxygen atoms in total. The number of benzene rings is 1. The second kappa shape index (κ2) is 13.2. The maximum absolute atomic E-state index is 9.26. The summed E-state index contributed by atoms with van der Waals surface area (Å²) in [5.74, 6) is 1.14. The van der Waals surface area contributed by atoms with Crippen molar-refractivity contribution in [2.75, 3.05) is 40.0 Å². The van der Waals surface area contributed by atoms with Crippen molar-refractivity contribution in [3.8, 4) is 5.75 Å². The molecule has 1 heterocycles. The van der Waals surface area contributed by atoms with Gasteiger partial charge in [-0.15, -0.1) is 24.0 Å². The highest BCUT2D eigenvalue weighted by molar-refractivity contribution is 14.0. The van der Waals surface area contributed by atoms with Gasteiger partial charge in [0, 0.05) is 33.4 Å². The van der Waals surface area contributed by atoms with Crippen LogP contribution in [0.3, 0.4) is 0 Å². The van der Waals surface area contributed by atoms with E-state index in [4.69, 9.17) is 9.47 Å². The van der Waals surface area contributed by atoms with Gasteiger partial charge in [-0.25, -0.2) is 0 Å². The molecule has 0 aliphatic carbocycles. The Bertz CT molecular complexity index is 491. The molecule has 1 atom stereocenters. The normalized spacial score (nSPS) is 17.2. The van der Waals surface area contributed by atoms with Crippen molar-refractivity contribution in [3.05, 3.63) is 29.8 Å². The molecule has 0 radical (unpaired) electrons. The van der Waals surface area contributed by atoms with Crippen molar-refractivity contribution in [1.82, 2.24) is 10.6 Å². The van der Waals surface area contributed by atoms with Crippen LogP contribution < -0.4 is 10.6 Å². The molecule has 1 aliphatic rings. The third-order valence-electron chi connectivity index (χ3n) is 3.95. The van der Waals surface area contributed by atoms with Gasteiger partial charge in [0.25, 0.3) is 0 Å². The zero-order valence-electron chi connectivity index (χ0n) is 14.9. The molecule has 0 saturated carbocycles. The van der Waals surface area contributed by atoms with Crippen molar-refractivity contribution in [2.45, 2.75) is 31.8 Å². The number of nitrogens with one attached hydrogen (secondary N) is 2. The second-order valence-electron chi connectivity index (χ2n) is 5.91. The monoisotopic (exact) mass is 463 g/mol. The smallest absolute Gasteiger partial charge is 0.190 e. The standard InChI is InChI=1S/C18H29N3O3.HI/c1-19-18(21-11-3-12-24-17-9-13-23-14-17)20-10-2-4-15-5-7-16(22)8-6-15;/h5-8,17,22H,2-4,9-14H2,1H3,(H2,19,20,21);1H. The van der Waals surface area contributed by atoms with Gasteiger partial charge in [0.05, 0.1) is 12.7 Å².